The second kappa shape index (κ2) is 12.4. The minimum atomic E-state index is -1.49. The molecular weight excluding hydrogens is 544 g/mol. The molecule has 0 bridgehead atoms. The summed E-state index contributed by atoms with van der Waals surface area (Å²) in [6.07, 6.45) is -9.82. The zero-order valence-electron chi connectivity index (χ0n) is 23.0. The first-order valence-electron chi connectivity index (χ1n) is 14.5. The Kier molecular flexibility index (Phi) is 9.61. The lowest BCUT2D eigenvalue weighted by Crippen LogP contribution is -2.67. The third-order valence-electron chi connectivity index (χ3n) is 9.58. The van der Waals surface area contributed by atoms with E-state index in [1.54, 1.807) is 0 Å². The zero-order chi connectivity index (χ0) is 29.8. The summed E-state index contributed by atoms with van der Waals surface area (Å²) in [5.74, 6) is -0.606. The van der Waals surface area contributed by atoms with E-state index in [0.29, 0.717) is 19.3 Å². The van der Waals surface area contributed by atoms with E-state index in [4.69, 9.17) is 58.1 Å². The topological polar surface area (TPSA) is 303 Å². The number of aliphatic hydroxyl groups excluding tert-OH is 5. The van der Waals surface area contributed by atoms with Gasteiger partial charge in [-0.05, 0) is 32.1 Å². The molecule has 238 valence electrons. The van der Waals surface area contributed by atoms with Crippen LogP contribution in [0.15, 0.2) is 0 Å². The molecule has 2 saturated carbocycles. The van der Waals surface area contributed by atoms with Crippen LogP contribution in [-0.2, 0) is 23.7 Å². The maximum absolute atomic E-state index is 11.2. The van der Waals surface area contributed by atoms with E-state index in [2.05, 4.69) is 0 Å². The SMILES string of the molecule is NC[C@@H]1O[C@H](O[C@H]2[C@@H](O)[C@H](O[C@H]3C([C@H]4O[C@H](C5(N)CC5)CC[C@H]4N)[C@@H](N)C[C@@H](N)[C@@H]3O)O[C@@H]2CO)[C@H](N)[C@@H](O)[C@@H]1O. The summed E-state index contributed by atoms with van der Waals surface area (Å²) in [4.78, 5) is 0. The van der Waals surface area contributed by atoms with Crippen molar-refractivity contribution in [2.45, 2.75) is 135 Å². The maximum Gasteiger partial charge on any atom is 0.187 e. The van der Waals surface area contributed by atoms with E-state index in [9.17, 15) is 25.5 Å². The molecule has 16 heteroatoms. The van der Waals surface area contributed by atoms with Crippen molar-refractivity contribution in [2.24, 2.45) is 40.3 Å². The highest BCUT2D eigenvalue weighted by molar-refractivity contribution is 5.10. The summed E-state index contributed by atoms with van der Waals surface area (Å²) in [5, 5.41) is 52.9. The normalized spacial score (nSPS) is 53.8. The molecule has 5 rings (SSSR count). The van der Waals surface area contributed by atoms with Crippen LogP contribution < -0.4 is 34.4 Å². The predicted octanol–water partition coefficient (Wildman–Crippen LogP) is -6.03. The van der Waals surface area contributed by atoms with Crippen LogP contribution in [0.4, 0.5) is 0 Å². The van der Waals surface area contributed by atoms with Crippen molar-refractivity contribution in [1.82, 2.24) is 0 Å². The number of hydrogen-bond donors (Lipinski definition) is 11. The van der Waals surface area contributed by atoms with Gasteiger partial charge in [-0.2, -0.15) is 0 Å². The van der Waals surface area contributed by atoms with Gasteiger partial charge in [-0.25, -0.2) is 0 Å². The number of aliphatic hydroxyl groups is 5. The van der Waals surface area contributed by atoms with Crippen molar-refractivity contribution in [1.29, 1.82) is 0 Å². The molecule has 0 aromatic rings. The molecule has 5 fully saturated rings. The molecule has 3 saturated heterocycles. The molecule has 0 aromatic carbocycles. The highest BCUT2D eigenvalue weighted by Gasteiger charge is 2.56. The first-order valence-corrected chi connectivity index (χ1v) is 14.5. The first kappa shape index (κ1) is 31.8. The van der Waals surface area contributed by atoms with Gasteiger partial charge in [-0.3, -0.25) is 0 Å². The van der Waals surface area contributed by atoms with Crippen LogP contribution in [0, 0.1) is 5.92 Å². The number of rotatable bonds is 8. The molecule has 3 aliphatic heterocycles. The molecule has 16 nitrogen and oxygen atoms in total. The summed E-state index contributed by atoms with van der Waals surface area (Å²) >= 11 is 0. The Labute approximate surface area is 238 Å². The third kappa shape index (κ3) is 6.04. The lowest BCUT2D eigenvalue weighted by atomic mass is 9.72. The molecule has 41 heavy (non-hydrogen) atoms. The van der Waals surface area contributed by atoms with Gasteiger partial charge in [0.2, 0.25) is 0 Å². The highest BCUT2D eigenvalue weighted by Crippen LogP contribution is 2.44. The minimum absolute atomic E-state index is 0.122. The average Bonchev–Trinajstić information content (AvgIpc) is 3.63. The molecule has 0 aromatic heterocycles. The van der Waals surface area contributed by atoms with Crippen LogP contribution in [0.2, 0.25) is 0 Å². The van der Waals surface area contributed by atoms with Gasteiger partial charge >= 0.3 is 0 Å². The Morgan fingerprint density at radius 2 is 1.39 bits per heavy atom. The number of nitrogens with two attached hydrogens (primary N) is 6. The summed E-state index contributed by atoms with van der Waals surface area (Å²) < 4.78 is 30.0. The first-order chi connectivity index (χ1) is 19.4. The lowest BCUT2D eigenvalue weighted by molar-refractivity contribution is -0.280. The summed E-state index contributed by atoms with van der Waals surface area (Å²) in [6.45, 7) is -0.690. The Hall–Kier alpha value is -0.640. The van der Waals surface area contributed by atoms with Gasteiger partial charge < -0.3 is 83.6 Å². The van der Waals surface area contributed by atoms with Crippen LogP contribution in [0.25, 0.3) is 0 Å². The quantitative estimate of drug-likeness (QED) is 0.125. The molecular formula is C25H48N6O10. The van der Waals surface area contributed by atoms with Crippen molar-refractivity contribution >= 4 is 0 Å². The van der Waals surface area contributed by atoms with Crippen LogP contribution in [0.5, 0.6) is 0 Å². The van der Waals surface area contributed by atoms with Crippen molar-refractivity contribution in [3.8, 4) is 0 Å². The monoisotopic (exact) mass is 592 g/mol. The van der Waals surface area contributed by atoms with Crippen molar-refractivity contribution < 1.29 is 49.2 Å². The van der Waals surface area contributed by atoms with E-state index < -0.39 is 110 Å². The van der Waals surface area contributed by atoms with Gasteiger partial charge in [0.25, 0.3) is 0 Å². The van der Waals surface area contributed by atoms with Gasteiger partial charge in [0.1, 0.15) is 36.6 Å². The largest absolute Gasteiger partial charge is 0.394 e. The molecule has 17 atom stereocenters. The number of ether oxygens (including phenoxy) is 5. The lowest BCUT2D eigenvalue weighted by Gasteiger charge is -2.50. The Morgan fingerprint density at radius 1 is 0.732 bits per heavy atom. The Balaban J connectivity index is 1.33. The van der Waals surface area contributed by atoms with Gasteiger partial charge in [-0.1, -0.05) is 0 Å². The second-order valence-electron chi connectivity index (χ2n) is 12.4. The van der Waals surface area contributed by atoms with Crippen molar-refractivity contribution in [2.75, 3.05) is 13.2 Å². The molecule has 5 aliphatic rings. The molecule has 2 aliphatic carbocycles. The van der Waals surface area contributed by atoms with Crippen LogP contribution in [0.3, 0.4) is 0 Å². The molecule has 0 spiro atoms. The summed E-state index contributed by atoms with van der Waals surface area (Å²) in [5.41, 5.74) is 37.0. The average molecular weight is 593 g/mol. The Morgan fingerprint density at radius 3 is 2.02 bits per heavy atom. The summed E-state index contributed by atoms with van der Waals surface area (Å²) in [6, 6.07) is -2.85. The maximum atomic E-state index is 11.2. The van der Waals surface area contributed by atoms with Crippen LogP contribution >= 0.6 is 0 Å². The van der Waals surface area contributed by atoms with Crippen molar-refractivity contribution in [3.63, 3.8) is 0 Å². The third-order valence-corrected chi connectivity index (χ3v) is 9.58. The van der Waals surface area contributed by atoms with E-state index in [0.717, 1.165) is 12.8 Å². The fourth-order valence-corrected chi connectivity index (χ4v) is 6.77. The van der Waals surface area contributed by atoms with E-state index in [1.807, 2.05) is 0 Å². The second-order valence-corrected chi connectivity index (χ2v) is 12.4. The van der Waals surface area contributed by atoms with E-state index >= 15 is 0 Å². The fraction of sp³-hybridized carbons (Fsp3) is 1.00. The smallest absolute Gasteiger partial charge is 0.187 e. The van der Waals surface area contributed by atoms with E-state index in [-0.39, 0.29) is 12.6 Å². The van der Waals surface area contributed by atoms with Gasteiger partial charge in [0, 0.05) is 36.1 Å². The highest BCUT2D eigenvalue weighted by atomic mass is 16.7. The number of hydrogen-bond acceptors (Lipinski definition) is 16. The standard InChI is InChI=1S/C25H48N6O10/c26-6-11-17(34)18(35)15(30)23(37-11)40-21-12(7-32)38-24(19(21)36)41-22-14(9(28)5-10(29)16(22)33)20-8(27)1-2-13(39-20)25(31)3-4-25/h8-24,32-36H,1-7,26-31H2/t8-,9+,10-,11+,12-,13+,14?,15-,16+,17-,18-,19-,20+,21-,22+,23-,24+/m1/s1. The van der Waals surface area contributed by atoms with Gasteiger partial charge in [-0.15, -0.1) is 0 Å². The van der Waals surface area contributed by atoms with Gasteiger partial charge in [0.15, 0.2) is 12.6 Å². The Bertz CT molecular complexity index is 890. The molecule has 0 amide bonds. The summed E-state index contributed by atoms with van der Waals surface area (Å²) in [7, 11) is 0. The van der Waals surface area contributed by atoms with Crippen LogP contribution in [-0.4, -0.2) is 142 Å². The fourth-order valence-electron chi connectivity index (χ4n) is 6.77. The van der Waals surface area contributed by atoms with Gasteiger partial charge in [0.05, 0.1) is 37.1 Å². The van der Waals surface area contributed by atoms with E-state index in [1.165, 1.54) is 0 Å². The van der Waals surface area contributed by atoms with Crippen molar-refractivity contribution in [3.05, 3.63) is 0 Å². The predicted molar refractivity (Wildman–Crippen MR) is 141 cm³/mol. The molecule has 0 radical (unpaired) electrons. The minimum Gasteiger partial charge on any atom is -0.394 e. The zero-order valence-corrected chi connectivity index (χ0v) is 23.0. The van der Waals surface area contributed by atoms with Crippen LogP contribution in [0.1, 0.15) is 32.1 Å². The molecule has 1 unspecified atom stereocenters. The molecule has 3 heterocycles. The molecule has 17 N–H and O–H groups in total.